The van der Waals surface area contributed by atoms with Crippen LogP contribution in [0.1, 0.15) is 20.3 Å². The van der Waals surface area contributed by atoms with E-state index in [0.717, 1.165) is 19.6 Å². The Bertz CT molecular complexity index is 205. The summed E-state index contributed by atoms with van der Waals surface area (Å²) in [5, 5.41) is 1.90. The lowest BCUT2D eigenvalue weighted by atomic mass is 9.96. The van der Waals surface area contributed by atoms with Crippen LogP contribution in [0.5, 0.6) is 0 Å². The highest BCUT2D eigenvalue weighted by Gasteiger charge is 2.54. The Morgan fingerprint density at radius 1 is 1.79 bits per heavy atom. The molecule has 2 N–H and O–H groups in total. The summed E-state index contributed by atoms with van der Waals surface area (Å²) in [5.41, 5.74) is 6.11. The SMILES string of the molecule is C=CC1([C@@H](C)N)CC1CN(C)OCC. The predicted molar refractivity (Wildman–Crippen MR) is 58.6 cm³/mol. The fraction of sp³-hybridized carbons (Fsp3) is 0.818. The van der Waals surface area contributed by atoms with E-state index in [1.807, 2.05) is 25.1 Å². The van der Waals surface area contributed by atoms with Crippen molar-refractivity contribution in [1.29, 1.82) is 0 Å². The minimum absolute atomic E-state index is 0.158. The van der Waals surface area contributed by atoms with Gasteiger partial charge in [-0.05, 0) is 26.2 Å². The zero-order chi connectivity index (χ0) is 10.8. The maximum absolute atomic E-state index is 5.95. The van der Waals surface area contributed by atoms with Crippen molar-refractivity contribution >= 4 is 0 Å². The second kappa shape index (κ2) is 4.43. The molecule has 1 aliphatic carbocycles. The number of nitrogens with two attached hydrogens (primary N) is 1. The lowest BCUT2D eigenvalue weighted by molar-refractivity contribution is -0.138. The van der Waals surface area contributed by atoms with Crippen LogP contribution in [0.3, 0.4) is 0 Å². The van der Waals surface area contributed by atoms with Crippen molar-refractivity contribution in [3.05, 3.63) is 12.7 Å². The van der Waals surface area contributed by atoms with Gasteiger partial charge < -0.3 is 5.73 Å². The Balaban J connectivity index is 2.40. The molecule has 0 spiro atoms. The standard InChI is InChI=1S/C11H22N2O/c1-5-11(9(3)12)7-10(11)8-13(4)14-6-2/h5,9-10H,1,6-8,12H2,2-4H3/t9-,10?,11?/m1/s1. The highest BCUT2D eigenvalue weighted by Crippen LogP contribution is 2.55. The predicted octanol–water partition coefficient (Wildman–Crippen LogP) is 1.41. The molecule has 2 unspecified atom stereocenters. The number of rotatable bonds is 6. The number of hydrogen-bond donors (Lipinski definition) is 1. The quantitative estimate of drug-likeness (QED) is 0.518. The van der Waals surface area contributed by atoms with Crippen LogP contribution < -0.4 is 5.73 Å². The molecule has 0 bridgehead atoms. The van der Waals surface area contributed by atoms with Crippen LogP contribution in [0.25, 0.3) is 0 Å². The Morgan fingerprint density at radius 3 is 2.79 bits per heavy atom. The number of hydrogen-bond acceptors (Lipinski definition) is 3. The van der Waals surface area contributed by atoms with E-state index in [1.54, 1.807) is 0 Å². The van der Waals surface area contributed by atoms with Gasteiger partial charge in [0.15, 0.2) is 0 Å². The van der Waals surface area contributed by atoms with Gasteiger partial charge in [-0.3, -0.25) is 4.84 Å². The van der Waals surface area contributed by atoms with Gasteiger partial charge in [0.05, 0.1) is 6.61 Å². The molecule has 0 amide bonds. The normalized spacial score (nSPS) is 33.1. The Morgan fingerprint density at radius 2 is 2.43 bits per heavy atom. The van der Waals surface area contributed by atoms with E-state index < -0.39 is 0 Å². The summed E-state index contributed by atoms with van der Waals surface area (Å²) in [5.74, 6) is 0.608. The first-order valence-electron chi connectivity index (χ1n) is 5.30. The molecule has 1 saturated carbocycles. The van der Waals surface area contributed by atoms with Crippen molar-refractivity contribution in [2.45, 2.75) is 26.3 Å². The second-order valence-electron chi connectivity index (χ2n) is 4.23. The smallest absolute Gasteiger partial charge is 0.0656 e. The van der Waals surface area contributed by atoms with Crippen molar-refractivity contribution < 1.29 is 4.84 Å². The van der Waals surface area contributed by atoms with Crippen LogP contribution in [0, 0.1) is 11.3 Å². The van der Waals surface area contributed by atoms with Crippen molar-refractivity contribution in [3.63, 3.8) is 0 Å². The molecule has 0 saturated heterocycles. The molecule has 14 heavy (non-hydrogen) atoms. The zero-order valence-electron chi connectivity index (χ0n) is 9.49. The molecule has 0 aromatic rings. The van der Waals surface area contributed by atoms with E-state index in [-0.39, 0.29) is 11.5 Å². The molecular formula is C11H22N2O. The van der Waals surface area contributed by atoms with Gasteiger partial charge in [0.1, 0.15) is 0 Å². The molecular weight excluding hydrogens is 176 g/mol. The maximum atomic E-state index is 5.95. The average molecular weight is 198 g/mol. The van der Waals surface area contributed by atoms with E-state index in [4.69, 9.17) is 10.6 Å². The Hall–Kier alpha value is -0.380. The molecule has 0 aliphatic heterocycles. The molecule has 0 aromatic heterocycles. The molecule has 1 rings (SSSR count). The third kappa shape index (κ3) is 2.16. The van der Waals surface area contributed by atoms with Crippen LogP contribution in [0.15, 0.2) is 12.7 Å². The van der Waals surface area contributed by atoms with Crippen molar-refractivity contribution in [2.24, 2.45) is 17.1 Å². The van der Waals surface area contributed by atoms with E-state index >= 15 is 0 Å². The molecule has 0 radical (unpaired) electrons. The minimum Gasteiger partial charge on any atom is -0.327 e. The van der Waals surface area contributed by atoms with Crippen LogP contribution in [-0.4, -0.2) is 31.3 Å². The fourth-order valence-electron chi connectivity index (χ4n) is 2.18. The van der Waals surface area contributed by atoms with Gasteiger partial charge in [0.2, 0.25) is 0 Å². The Labute approximate surface area is 86.9 Å². The summed E-state index contributed by atoms with van der Waals surface area (Å²) >= 11 is 0. The first-order chi connectivity index (χ1) is 6.56. The topological polar surface area (TPSA) is 38.5 Å². The largest absolute Gasteiger partial charge is 0.327 e. The van der Waals surface area contributed by atoms with Crippen LogP contribution in [0.2, 0.25) is 0 Å². The monoisotopic (exact) mass is 198 g/mol. The van der Waals surface area contributed by atoms with Gasteiger partial charge in [0, 0.05) is 25.0 Å². The lowest BCUT2D eigenvalue weighted by Crippen LogP contribution is -2.31. The van der Waals surface area contributed by atoms with Gasteiger partial charge in [0.25, 0.3) is 0 Å². The van der Waals surface area contributed by atoms with Crippen molar-refractivity contribution in [3.8, 4) is 0 Å². The van der Waals surface area contributed by atoms with Gasteiger partial charge in [-0.1, -0.05) is 6.08 Å². The highest BCUT2D eigenvalue weighted by atomic mass is 16.7. The molecule has 3 nitrogen and oxygen atoms in total. The molecule has 0 heterocycles. The third-order valence-corrected chi connectivity index (χ3v) is 3.25. The van der Waals surface area contributed by atoms with Crippen LogP contribution in [0.4, 0.5) is 0 Å². The highest BCUT2D eigenvalue weighted by molar-refractivity contribution is 5.16. The minimum atomic E-state index is 0.158. The molecule has 1 fully saturated rings. The summed E-state index contributed by atoms with van der Waals surface area (Å²) in [6.07, 6.45) is 3.16. The van der Waals surface area contributed by atoms with Gasteiger partial charge >= 0.3 is 0 Å². The summed E-state index contributed by atoms with van der Waals surface area (Å²) in [6, 6.07) is 0.194. The molecule has 0 aromatic carbocycles. The van der Waals surface area contributed by atoms with Gasteiger partial charge in [-0.2, -0.15) is 5.06 Å². The summed E-state index contributed by atoms with van der Waals surface area (Å²) < 4.78 is 0. The first-order valence-corrected chi connectivity index (χ1v) is 5.30. The van der Waals surface area contributed by atoms with Crippen LogP contribution >= 0.6 is 0 Å². The fourth-order valence-corrected chi connectivity index (χ4v) is 2.18. The zero-order valence-corrected chi connectivity index (χ0v) is 9.49. The summed E-state index contributed by atoms with van der Waals surface area (Å²) in [4.78, 5) is 5.37. The number of hydroxylamine groups is 2. The van der Waals surface area contributed by atoms with E-state index in [9.17, 15) is 0 Å². The average Bonchev–Trinajstić information content (AvgIpc) is 2.80. The number of nitrogens with zero attached hydrogens (tertiary/aromatic N) is 1. The second-order valence-corrected chi connectivity index (χ2v) is 4.23. The lowest BCUT2D eigenvalue weighted by Gasteiger charge is -2.20. The van der Waals surface area contributed by atoms with E-state index in [2.05, 4.69) is 13.5 Å². The first kappa shape index (κ1) is 11.7. The molecule has 82 valence electrons. The van der Waals surface area contributed by atoms with E-state index in [1.165, 1.54) is 0 Å². The molecule has 3 atom stereocenters. The van der Waals surface area contributed by atoms with Crippen LogP contribution in [-0.2, 0) is 4.84 Å². The summed E-state index contributed by atoms with van der Waals surface area (Å²) in [7, 11) is 1.97. The van der Waals surface area contributed by atoms with Crippen molar-refractivity contribution in [1.82, 2.24) is 5.06 Å². The molecule has 3 heteroatoms. The summed E-state index contributed by atoms with van der Waals surface area (Å²) in [6.45, 7) is 9.60. The molecule has 1 aliphatic rings. The van der Waals surface area contributed by atoms with Crippen molar-refractivity contribution in [2.75, 3.05) is 20.2 Å². The third-order valence-electron chi connectivity index (χ3n) is 3.25. The Kier molecular flexibility index (Phi) is 3.70. The van der Waals surface area contributed by atoms with Gasteiger partial charge in [-0.25, -0.2) is 0 Å². The van der Waals surface area contributed by atoms with Gasteiger partial charge in [-0.15, -0.1) is 6.58 Å². The van der Waals surface area contributed by atoms with E-state index in [0.29, 0.717) is 5.92 Å². The maximum Gasteiger partial charge on any atom is 0.0656 e.